The fourth-order valence-corrected chi connectivity index (χ4v) is 3.36. The molecule has 0 fully saturated rings. The van der Waals surface area contributed by atoms with Gasteiger partial charge in [0.05, 0.1) is 11.3 Å². The number of benzene rings is 1. The number of aldehydes is 1. The van der Waals surface area contributed by atoms with Crippen LogP contribution in [0.1, 0.15) is 62.6 Å². The highest BCUT2D eigenvalue weighted by atomic mass is 16.2. The van der Waals surface area contributed by atoms with Crippen LogP contribution in [0.3, 0.4) is 0 Å². The van der Waals surface area contributed by atoms with Gasteiger partial charge in [0, 0.05) is 19.3 Å². The third-order valence-corrected chi connectivity index (χ3v) is 4.75. The first-order valence-electron chi connectivity index (χ1n) is 8.38. The summed E-state index contributed by atoms with van der Waals surface area (Å²) in [6, 6.07) is 6.39. The van der Waals surface area contributed by atoms with E-state index in [-0.39, 0.29) is 24.3 Å². The zero-order chi connectivity index (χ0) is 17.0. The van der Waals surface area contributed by atoms with Gasteiger partial charge in [-0.05, 0) is 32.3 Å². The van der Waals surface area contributed by atoms with Crippen molar-refractivity contribution in [1.29, 1.82) is 0 Å². The molecule has 4 heteroatoms. The van der Waals surface area contributed by atoms with Gasteiger partial charge in [0.1, 0.15) is 6.29 Å². The maximum Gasteiger partial charge on any atom is 0.243 e. The lowest BCUT2D eigenvalue weighted by Crippen LogP contribution is -2.45. The molecule has 0 saturated carbocycles. The Bertz CT molecular complexity index is 610. The molecule has 0 aromatic heterocycles. The topological polar surface area (TPSA) is 49.7 Å². The highest BCUT2D eigenvalue weighted by Gasteiger charge is 2.43. The number of aryl methyl sites for hydroxylation is 2. The summed E-state index contributed by atoms with van der Waals surface area (Å²) in [5, 5.41) is 6.33. The fourth-order valence-electron chi connectivity index (χ4n) is 3.36. The fraction of sp³-hybridized carbons (Fsp3) is 0.526. The largest absolute Gasteiger partial charge is 0.303 e. The van der Waals surface area contributed by atoms with E-state index in [4.69, 9.17) is 0 Å². The molecule has 0 atom stereocenters. The molecule has 4 nitrogen and oxygen atoms in total. The summed E-state index contributed by atoms with van der Waals surface area (Å²) in [4.78, 5) is 23.1. The van der Waals surface area contributed by atoms with E-state index in [9.17, 15) is 9.59 Å². The molecule has 0 radical (unpaired) electrons. The third-order valence-electron chi connectivity index (χ3n) is 4.75. The summed E-state index contributed by atoms with van der Waals surface area (Å²) >= 11 is 0. The van der Waals surface area contributed by atoms with Crippen molar-refractivity contribution in [3.05, 3.63) is 34.9 Å². The molecule has 1 aromatic carbocycles. The highest BCUT2D eigenvalue weighted by Crippen LogP contribution is 2.36. The van der Waals surface area contributed by atoms with E-state index in [1.165, 1.54) is 11.1 Å². The Hall–Kier alpha value is -1.97. The monoisotopic (exact) mass is 314 g/mol. The first-order chi connectivity index (χ1) is 11.0. The van der Waals surface area contributed by atoms with Gasteiger partial charge in [0.25, 0.3) is 0 Å². The average molecular weight is 314 g/mol. The van der Waals surface area contributed by atoms with Crippen LogP contribution in [0.15, 0.2) is 23.3 Å². The maximum absolute atomic E-state index is 12.5. The second-order valence-corrected chi connectivity index (χ2v) is 6.44. The summed E-state index contributed by atoms with van der Waals surface area (Å²) in [6.07, 6.45) is 3.77. The molecule has 1 amide bonds. The molecule has 124 valence electrons. The minimum absolute atomic E-state index is 0.0554. The number of carbonyl (C=O) groups excluding carboxylic acids is 2. The molecule has 0 unspecified atom stereocenters. The van der Waals surface area contributed by atoms with Gasteiger partial charge in [-0.15, -0.1) is 0 Å². The number of hydrogen-bond acceptors (Lipinski definition) is 3. The van der Waals surface area contributed by atoms with Crippen LogP contribution >= 0.6 is 0 Å². The van der Waals surface area contributed by atoms with Crippen molar-refractivity contribution in [2.75, 3.05) is 0 Å². The number of hydrogen-bond donors (Lipinski definition) is 0. The van der Waals surface area contributed by atoms with Gasteiger partial charge in [0.15, 0.2) is 0 Å². The summed E-state index contributed by atoms with van der Waals surface area (Å²) in [6.45, 7) is 8.35. The van der Waals surface area contributed by atoms with Crippen molar-refractivity contribution in [3.8, 4) is 0 Å². The molecule has 0 saturated heterocycles. The van der Waals surface area contributed by atoms with Gasteiger partial charge in [-0.2, -0.15) is 5.10 Å². The van der Waals surface area contributed by atoms with Crippen LogP contribution in [0, 0.1) is 13.8 Å². The zero-order valence-corrected chi connectivity index (χ0v) is 14.6. The van der Waals surface area contributed by atoms with E-state index in [0.29, 0.717) is 0 Å². The lowest BCUT2D eigenvalue weighted by atomic mass is 9.85. The van der Waals surface area contributed by atoms with Gasteiger partial charge < -0.3 is 4.79 Å². The van der Waals surface area contributed by atoms with E-state index >= 15 is 0 Å². The van der Waals surface area contributed by atoms with Crippen LogP contribution in [-0.4, -0.2) is 28.5 Å². The molecule has 2 rings (SSSR count). The Morgan fingerprint density at radius 3 is 2.35 bits per heavy atom. The van der Waals surface area contributed by atoms with E-state index < -0.39 is 0 Å². The van der Waals surface area contributed by atoms with Crippen LogP contribution in [-0.2, 0) is 9.59 Å². The molecule has 0 aliphatic carbocycles. The predicted molar refractivity (Wildman–Crippen MR) is 92.5 cm³/mol. The second kappa shape index (κ2) is 7.07. The molecular weight excluding hydrogens is 288 g/mol. The van der Waals surface area contributed by atoms with Crippen LogP contribution in [0.25, 0.3) is 0 Å². The van der Waals surface area contributed by atoms with E-state index in [2.05, 4.69) is 51.0 Å². The van der Waals surface area contributed by atoms with Crippen molar-refractivity contribution in [2.45, 2.75) is 65.3 Å². The molecule has 0 bridgehead atoms. The Balaban J connectivity index is 2.38. The summed E-state index contributed by atoms with van der Waals surface area (Å²) < 4.78 is 0. The molecule has 23 heavy (non-hydrogen) atoms. The molecule has 0 N–H and O–H groups in total. The van der Waals surface area contributed by atoms with Crippen molar-refractivity contribution in [2.24, 2.45) is 5.10 Å². The standard InChI is InChI=1S/C19H26N2O2/c1-5-19(6-2)13-17(16-11-14(3)10-15(4)12-16)20-21(19)18(23)8-7-9-22/h9-12H,5-8,13H2,1-4H3. The molecule has 1 heterocycles. The van der Waals surface area contributed by atoms with Crippen LogP contribution in [0.2, 0.25) is 0 Å². The summed E-state index contributed by atoms with van der Waals surface area (Å²) in [5.41, 5.74) is 4.21. The third kappa shape index (κ3) is 3.52. The minimum Gasteiger partial charge on any atom is -0.303 e. The molecule has 1 aliphatic rings. The van der Waals surface area contributed by atoms with Crippen LogP contribution in [0.5, 0.6) is 0 Å². The number of nitrogens with zero attached hydrogens (tertiary/aromatic N) is 2. The van der Waals surface area contributed by atoms with Gasteiger partial charge in [-0.3, -0.25) is 4.79 Å². The molecule has 1 aromatic rings. The second-order valence-electron chi connectivity index (χ2n) is 6.44. The number of hydrazone groups is 1. The molecular formula is C19H26N2O2. The average Bonchev–Trinajstić information content (AvgIpc) is 2.92. The Morgan fingerprint density at radius 2 is 1.83 bits per heavy atom. The SMILES string of the molecule is CCC1(CC)CC(c2cc(C)cc(C)c2)=NN1C(=O)CCC=O. The maximum atomic E-state index is 12.5. The molecule has 0 spiro atoms. The van der Waals surface area contributed by atoms with Crippen molar-refractivity contribution in [3.63, 3.8) is 0 Å². The van der Waals surface area contributed by atoms with E-state index in [1.54, 1.807) is 5.01 Å². The number of rotatable bonds is 6. The van der Waals surface area contributed by atoms with Gasteiger partial charge in [0.2, 0.25) is 5.91 Å². The predicted octanol–water partition coefficient (Wildman–Crippen LogP) is 3.78. The first-order valence-corrected chi connectivity index (χ1v) is 8.38. The van der Waals surface area contributed by atoms with Crippen molar-refractivity contribution >= 4 is 17.9 Å². The molecule has 1 aliphatic heterocycles. The quantitative estimate of drug-likeness (QED) is 0.750. The lowest BCUT2D eigenvalue weighted by Gasteiger charge is -2.34. The minimum atomic E-state index is -0.257. The smallest absolute Gasteiger partial charge is 0.243 e. The summed E-state index contributed by atoms with van der Waals surface area (Å²) in [5.74, 6) is -0.0554. The van der Waals surface area contributed by atoms with Crippen molar-refractivity contribution in [1.82, 2.24) is 5.01 Å². The number of amides is 1. The summed E-state index contributed by atoms with van der Waals surface area (Å²) in [7, 11) is 0. The van der Waals surface area contributed by atoms with E-state index in [1.807, 2.05) is 0 Å². The van der Waals surface area contributed by atoms with Crippen LogP contribution < -0.4 is 0 Å². The van der Waals surface area contributed by atoms with Gasteiger partial charge in [-0.25, -0.2) is 5.01 Å². The van der Waals surface area contributed by atoms with Crippen LogP contribution in [0.4, 0.5) is 0 Å². The van der Waals surface area contributed by atoms with Gasteiger partial charge >= 0.3 is 0 Å². The van der Waals surface area contributed by atoms with Crippen molar-refractivity contribution < 1.29 is 9.59 Å². The van der Waals surface area contributed by atoms with Gasteiger partial charge in [-0.1, -0.05) is 43.2 Å². The highest BCUT2D eigenvalue weighted by molar-refractivity contribution is 6.04. The Kier molecular flexibility index (Phi) is 5.34. The lowest BCUT2D eigenvalue weighted by molar-refractivity contribution is -0.137. The zero-order valence-electron chi connectivity index (χ0n) is 14.6. The van der Waals surface area contributed by atoms with E-state index in [0.717, 1.165) is 36.8 Å². The normalized spacial score (nSPS) is 16.3. The Morgan fingerprint density at radius 1 is 1.22 bits per heavy atom. The first kappa shape index (κ1) is 17.4. The Labute approximate surface area is 138 Å². The number of carbonyl (C=O) groups is 2.